The highest BCUT2D eigenvalue weighted by molar-refractivity contribution is 9.10. The molecule has 0 atom stereocenters. The zero-order valence-electron chi connectivity index (χ0n) is 24.1. The number of nitrogens with one attached hydrogen (secondary N) is 1. The molecule has 0 saturated carbocycles. The molecule has 0 fully saturated rings. The first-order valence-electron chi connectivity index (χ1n) is 13.5. The molecule has 232 valence electrons. The summed E-state index contributed by atoms with van der Waals surface area (Å²) in [6.07, 6.45) is 1.38. The Kier molecular flexibility index (Phi) is 11.0. The minimum absolute atomic E-state index is 0.105. The van der Waals surface area contributed by atoms with Crippen LogP contribution in [-0.4, -0.2) is 35.2 Å². The summed E-state index contributed by atoms with van der Waals surface area (Å²) in [5.74, 6) is 0.516. The second-order valence-electron chi connectivity index (χ2n) is 9.10. The van der Waals surface area contributed by atoms with Crippen molar-refractivity contribution in [2.75, 3.05) is 13.2 Å². The Hall–Kier alpha value is -5.50. The van der Waals surface area contributed by atoms with Crippen molar-refractivity contribution >= 4 is 39.4 Å². The van der Waals surface area contributed by atoms with Gasteiger partial charge in [-0.1, -0.05) is 30.3 Å². The number of hydrogen-bond acceptors (Lipinski definition) is 10. The van der Waals surface area contributed by atoms with Crippen LogP contribution in [0, 0.1) is 20.2 Å². The van der Waals surface area contributed by atoms with Crippen LogP contribution in [0.3, 0.4) is 0 Å². The molecule has 0 saturated heterocycles. The van der Waals surface area contributed by atoms with E-state index < -0.39 is 27.1 Å². The molecule has 0 heterocycles. The Morgan fingerprint density at radius 3 is 2.24 bits per heavy atom. The summed E-state index contributed by atoms with van der Waals surface area (Å²) < 4.78 is 23.4. The topological polar surface area (TPSA) is 165 Å². The number of nitrogens with zero attached hydrogens (tertiary/aromatic N) is 3. The van der Waals surface area contributed by atoms with E-state index in [1.807, 2.05) is 37.3 Å². The summed E-state index contributed by atoms with van der Waals surface area (Å²) in [7, 11) is 0. The van der Waals surface area contributed by atoms with Gasteiger partial charge in [0.15, 0.2) is 23.0 Å². The van der Waals surface area contributed by atoms with Crippen molar-refractivity contribution in [3.8, 4) is 28.7 Å². The molecule has 0 aliphatic rings. The Labute approximate surface area is 265 Å². The van der Waals surface area contributed by atoms with Crippen LogP contribution in [0.15, 0.2) is 88.4 Å². The molecule has 45 heavy (non-hydrogen) atoms. The summed E-state index contributed by atoms with van der Waals surface area (Å²) in [5, 5.41) is 26.7. The number of nitro benzene ring substituents is 2. The van der Waals surface area contributed by atoms with Gasteiger partial charge >= 0.3 is 5.69 Å². The van der Waals surface area contributed by atoms with Gasteiger partial charge in [-0.25, -0.2) is 5.43 Å². The zero-order chi connectivity index (χ0) is 32.3. The van der Waals surface area contributed by atoms with E-state index in [1.165, 1.54) is 6.21 Å². The van der Waals surface area contributed by atoms with E-state index in [4.69, 9.17) is 18.9 Å². The largest absolute Gasteiger partial charge is 0.490 e. The standard InChI is InChI=1S/C31H27BrN4O9/c1-3-42-28-16-22(10-12-27(28)44-19-20-8-6-5-7-9-20)31(37)34-33-18-21-14-24(32)30(29(15-21)43-4-2)45-26-13-11-23(35(38)39)17-25(26)36(40)41/h5-18H,3-4,19H2,1-2H3,(H,34,37)/b33-18+. The Morgan fingerprint density at radius 1 is 0.844 bits per heavy atom. The number of non-ortho nitro benzene ring substituents is 1. The van der Waals surface area contributed by atoms with Gasteiger partial charge in [-0.15, -0.1) is 0 Å². The highest BCUT2D eigenvalue weighted by Crippen LogP contribution is 2.43. The maximum atomic E-state index is 12.9. The SMILES string of the molecule is CCOc1cc(C(=O)N/N=C/c2cc(Br)c(Oc3ccc([N+](=O)[O-])cc3[N+](=O)[O-])c(OCC)c2)ccc1OCc1ccccc1. The minimum atomic E-state index is -0.775. The van der Waals surface area contributed by atoms with Crippen molar-refractivity contribution in [2.24, 2.45) is 5.10 Å². The molecule has 0 spiro atoms. The van der Waals surface area contributed by atoms with Gasteiger partial charge in [0.05, 0.1) is 39.8 Å². The van der Waals surface area contributed by atoms with E-state index in [0.29, 0.717) is 40.3 Å². The molecule has 13 nitrogen and oxygen atoms in total. The predicted octanol–water partition coefficient (Wildman–Crippen LogP) is 7.20. The monoisotopic (exact) mass is 678 g/mol. The Balaban J connectivity index is 1.49. The Bertz CT molecular complexity index is 1730. The molecular weight excluding hydrogens is 652 g/mol. The molecule has 4 aromatic rings. The smallest absolute Gasteiger partial charge is 0.318 e. The Morgan fingerprint density at radius 2 is 1.56 bits per heavy atom. The zero-order valence-corrected chi connectivity index (χ0v) is 25.7. The second kappa shape index (κ2) is 15.3. The number of carbonyl (C=O) groups is 1. The third kappa shape index (κ3) is 8.54. The molecule has 0 aliphatic carbocycles. The van der Waals surface area contributed by atoms with Crippen LogP contribution in [0.2, 0.25) is 0 Å². The fourth-order valence-corrected chi connectivity index (χ4v) is 4.53. The van der Waals surface area contributed by atoms with Crippen LogP contribution < -0.4 is 24.4 Å². The van der Waals surface area contributed by atoms with E-state index in [0.717, 1.165) is 23.8 Å². The van der Waals surface area contributed by atoms with Gasteiger partial charge in [-0.3, -0.25) is 25.0 Å². The van der Waals surface area contributed by atoms with E-state index in [-0.39, 0.29) is 23.9 Å². The number of benzene rings is 4. The molecule has 1 amide bonds. The quantitative estimate of drug-likeness (QED) is 0.0824. The van der Waals surface area contributed by atoms with E-state index >= 15 is 0 Å². The van der Waals surface area contributed by atoms with Gasteiger partial charge in [0.1, 0.15) is 6.61 Å². The second-order valence-corrected chi connectivity index (χ2v) is 9.95. The van der Waals surface area contributed by atoms with Gasteiger partial charge in [0, 0.05) is 11.6 Å². The third-order valence-electron chi connectivity index (χ3n) is 6.02. The van der Waals surface area contributed by atoms with Gasteiger partial charge in [-0.2, -0.15) is 5.10 Å². The van der Waals surface area contributed by atoms with Gasteiger partial charge < -0.3 is 18.9 Å². The van der Waals surface area contributed by atoms with Crippen molar-refractivity contribution in [2.45, 2.75) is 20.5 Å². The summed E-state index contributed by atoms with van der Waals surface area (Å²) >= 11 is 3.38. The van der Waals surface area contributed by atoms with Gasteiger partial charge in [0.2, 0.25) is 5.75 Å². The molecule has 0 unspecified atom stereocenters. The number of hydrazone groups is 1. The molecule has 14 heteroatoms. The minimum Gasteiger partial charge on any atom is -0.490 e. The lowest BCUT2D eigenvalue weighted by Crippen LogP contribution is -2.17. The summed E-state index contributed by atoms with van der Waals surface area (Å²) in [6.45, 7) is 4.51. The predicted molar refractivity (Wildman–Crippen MR) is 169 cm³/mol. The van der Waals surface area contributed by atoms with Crippen LogP contribution in [0.4, 0.5) is 11.4 Å². The number of hydrogen-bond donors (Lipinski definition) is 1. The molecule has 4 aromatic carbocycles. The summed E-state index contributed by atoms with van der Waals surface area (Å²) in [5.41, 5.74) is 3.21. The lowest BCUT2D eigenvalue weighted by Gasteiger charge is -2.14. The molecule has 4 rings (SSSR count). The normalized spacial score (nSPS) is 10.7. The van der Waals surface area contributed by atoms with Crippen LogP contribution in [0.5, 0.6) is 28.7 Å². The lowest BCUT2D eigenvalue weighted by atomic mass is 10.2. The maximum absolute atomic E-state index is 12.9. The number of halogens is 1. The average Bonchev–Trinajstić information content (AvgIpc) is 3.02. The van der Waals surface area contributed by atoms with Crippen LogP contribution in [-0.2, 0) is 6.61 Å². The summed E-state index contributed by atoms with van der Waals surface area (Å²) in [6, 6.07) is 20.7. The molecule has 1 N–H and O–H groups in total. The maximum Gasteiger partial charge on any atom is 0.318 e. The lowest BCUT2D eigenvalue weighted by molar-refractivity contribution is -0.394. The number of rotatable bonds is 14. The third-order valence-corrected chi connectivity index (χ3v) is 6.61. The highest BCUT2D eigenvalue weighted by atomic mass is 79.9. The van der Waals surface area contributed by atoms with Crippen molar-refractivity contribution in [3.05, 3.63) is 120 Å². The van der Waals surface area contributed by atoms with E-state index in [2.05, 4.69) is 26.5 Å². The number of amides is 1. The summed E-state index contributed by atoms with van der Waals surface area (Å²) in [4.78, 5) is 34.0. The van der Waals surface area contributed by atoms with Crippen LogP contribution in [0.1, 0.15) is 35.3 Å². The average molecular weight is 679 g/mol. The van der Waals surface area contributed by atoms with Crippen molar-refractivity contribution in [1.29, 1.82) is 0 Å². The van der Waals surface area contributed by atoms with Gasteiger partial charge in [-0.05, 0) is 77.3 Å². The molecule has 0 radical (unpaired) electrons. The molecule has 0 aromatic heterocycles. The molecule has 0 aliphatic heterocycles. The van der Waals surface area contributed by atoms with Crippen LogP contribution in [0.25, 0.3) is 0 Å². The number of carbonyl (C=O) groups excluding carboxylic acids is 1. The van der Waals surface area contributed by atoms with E-state index in [9.17, 15) is 25.0 Å². The molecular formula is C31H27BrN4O9. The number of ether oxygens (including phenoxy) is 4. The van der Waals surface area contributed by atoms with Crippen molar-refractivity contribution < 1.29 is 33.6 Å². The first-order chi connectivity index (χ1) is 21.7. The van der Waals surface area contributed by atoms with Crippen molar-refractivity contribution in [3.63, 3.8) is 0 Å². The first-order valence-corrected chi connectivity index (χ1v) is 14.3. The fraction of sp³-hybridized carbons (Fsp3) is 0.161. The number of nitro groups is 2. The molecule has 0 bridgehead atoms. The van der Waals surface area contributed by atoms with Crippen molar-refractivity contribution in [1.82, 2.24) is 5.43 Å². The van der Waals surface area contributed by atoms with Gasteiger partial charge in [0.25, 0.3) is 11.6 Å². The highest BCUT2D eigenvalue weighted by Gasteiger charge is 2.23. The van der Waals surface area contributed by atoms with E-state index in [1.54, 1.807) is 37.3 Å². The van der Waals surface area contributed by atoms with Crippen LogP contribution >= 0.6 is 15.9 Å². The first kappa shape index (κ1) is 32.4. The fourth-order valence-electron chi connectivity index (χ4n) is 3.98.